The van der Waals surface area contributed by atoms with Crippen LogP contribution >= 0.6 is 0 Å². The lowest BCUT2D eigenvalue weighted by Gasteiger charge is -2.18. The van der Waals surface area contributed by atoms with Gasteiger partial charge in [-0.3, -0.25) is 4.90 Å². The second-order valence-electron chi connectivity index (χ2n) is 5.34. The summed E-state index contributed by atoms with van der Waals surface area (Å²) >= 11 is 0. The third-order valence-electron chi connectivity index (χ3n) is 3.59. The van der Waals surface area contributed by atoms with Crippen molar-refractivity contribution < 1.29 is 17.9 Å². The molecule has 1 aromatic carbocycles. The minimum absolute atomic E-state index is 0.153. The average Bonchev–Trinajstić information content (AvgIpc) is 2.75. The molecule has 1 saturated heterocycles. The Bertz CT molecular complexity index is 448. The number of hydrogen-bond acceptors (Lipinski definition) is 3. The number of halogens is 3. The molecule has 2 unspecified atom stereocenters. The molecule has 2 rings (SSSR count). The van der Waals surface area contributed by atoms with E-state index in [9.17, 15) is 13.2 Å². The second-order valence-corrected chi connectivity index (χ2v) is 5.34. The molecule has 1 aliphatic heterocycles. The quantitative estimate of drug-likeness (QED) is 0.926. The number of rotatable bonds is 4. The van der Waals surface area contributed by atoms with Crippen molar-refractivity contribution >= 4 is 0 Å². The first-order chi connectivity index (χ1) is 9.33. The molecule has 112 valence electrons. The van der Waals surface area contributed by atoms with Crippen LogP contribution in [0.3, 0.4) is 0 Å². The number of nitrogens with two attached hydrogens (primary N) is 1. The van der Waals surface area contributed by atoms with E-state index in [1.165, 1.54) is 12.1 Å². The number of hydrogen-bond donors (Lipinski definition) is 1. The van der Waals surface area contributed by atoms with Crippen LogP contribution < -0.4 is 10.5 Å². The van der Waals surface area contributed by atoms with Crippen LogP contribution in [0.1, 0.15) is 18.9 Å². The highest BCUT2D eigenvalue weighted by Gasteiger charge is 2.31. The van der Waals surface area contributed by atoms with Crippen molar-refractivity contribution in [2.45, 2.75) is 32.3 Å². The zero-order valence-electron chi connectivity index (χ0n) is 11.4. The summed E-state index contributed by atoms with van der Waals surface area (Å²) in [6.45, 7) is 4.43. The van der Waals surface area contributed by atoms with Gasteiger partial charge in [0.1, 0.15) is 5.75 Å². The predicted octanol–water partition coefficient (Wildman–Crippen LogP) is 2.75. The zero-order chi connectivity index (χ0) is 14.8. The highest BCUT2D eigenvalue weighted by molar-refractivity contribution is 5.28. The first-order valence-corrected chi connectivity index (χ1v) is 6.66. The summed E-state index contributed by atoms with van der Waals surface area (Å²) < 4.78 is 40.4. The Morgan fingerprint density at radius 1 is 1.45 bits per heavy atom. The van der Waals surface area contributed by atoms with Gasteiger partial charge < -0.3 is 10.5 Å². The molecule has 6 heteroatoms. The van der Waals surface area contributed by atoms with Crippen molar-refractivity contribution in [3.63, 3.8) is 0 Å². The third-order valence-corrected chi connectivity index (χ3v) is 3.59. The summed E-state index contributed by atoms with van der Waals surface area (Å²) in [4.78, 5) is 2.21. The maximum atomic E-state index is 12.2. The Labute approximate surface area is 116 Å². The predicted molar refractivity (Wildman–Crippen MR) is 70.2 cm³/mol. The molecule has 3 nitrogen and oxygen atoms in total. The van der Waals surface area contributed by atoms with Crippen LogP contribution in [0.2, 0.25) is 0 Å². The SMILES string of the molecule is CC(N)C1CCN(Cc2cccc(OC(F)(F)F)c2)C1. The van der Waals surface area contributed by atoms with E-state index in [2.05, 4.69) is 9.64 Å². The normalized spacial score (nSPS) is 21.9. The van der Waals surface area contributed by atoms with Gasteiger partial charge in [-0.15, -0.1) is 13.2 Å². The van der Waals surface area contributed by atoms with Crippen molar-refractivity contribution in [2.24, 2.45) is 11.7 Å². The van der Waals surface area contributed by atoms with Crippen molar-refractivity contribution in [1.29, 1.82) is 0 Å². The number of likely N-dealkylation sites (tertiary alicyclic amines) is 1. The Balaban J connectivity index is 1.95. The van der Waals surface area contributed by atoms with Crippen LogP contribution in [0.4, 0.5) is 13.2 Å². The first kappa shape index (κ1) is 15.1. The maximum Gasteiger partial charge on any atom is 0.573 e. The molecule has 1 fully saturated rings. The van der Waals surface area contributed by atoms with Gasteiger partial charge in [0, 0.05) is 19.1 Å². The lowest BCUT2D eigenvalue weighted by Crippen LogP contribution is -2.29. The molecule has 1 heterocycles. The van der Waals surface area contributed by atoms with E-state index >= 15 is 0 Å². The van der Waals surface area contributed by atoms with Crippen LogP contribution in [-0.4, -0.2) is 30.4 Å². The Morgan fingerprint density at radius 2 is 2.20 bits per heavy atom. The maximum absolute atomic E-state index is 12.2. The minimum Gasteiger partial charge on any atom is -0.406 e. The molecule has 0 bridgehead atoms. The average molecular weight is 288 g/mol. The molecule has 1 aromatic rings. The molecule has 2 N–H and O–H groups in total. The van der Waals surface area contributed by atoms with Gasteiger partial charge in [-0.05, 0) is 43.5 Å². The fraction of sp³-hybridized carbons (Fsp3) is 0.571. The molecule has 2 atom stereocenters. The first-order valence-electron chi connectivity index (χ1n) is 6.66. The summed E-state index contributed by atoms with van der Waals surface area (Å²) in [6, 6.07) is 6.29. The summed E-state index contributed by atoms with van der Waals surface area (Å²) in [5.41, 5.74) is 6.69. The lowest BCUT2D eigenvalue weighted by molar-refractivity contribution is -0.274. The molecule has 0 saturated carbocycles. The van der Waals surface area contributed by atoms with E-state index < -0.39 is 6.36 Å². The van der Waals surface area contributed by atoms with Gasteiger partial charge >= 0.3 is 6.36 Å². The number of benzene rings is 1. The van der Waals surface area contributed by atoms with Crippen LogP contribution in [0.15, 0.2) is 24.3 Å². The number of alkyl halides is 3. The molecule has 1 aliphatic rings. The topological polar surface area (TPSA) is 38.5 Å². The van der Waals surface area contributed by atoms with Gasteiger partial charge in [-0.1, -0.05) is 12.1 Å². The van der Waals surface area contributed by atoms with E-state index in [0.29, 0.717) is 12.5 Å². The van der Waals surface area contributed by atoms with E-state index in [0.717, 1.165) is 25.1 Å². The summed E-state index contributed by atoms with van der Waals surface area (Å²) in [5.74, 6) is 0.294. The molecule has 0 spiro atoms. The van der Waals surface area contributed by atoms with E-state index in [1.807, 2.05) is 13.0 Å². The van der Waals surface area contributed by atoms with Crippen molar-refractivity contribution in [1.82, 2.24) is 4.90 Å². The molecule has 20 heavy (non-hydrogen) atoms. The zero-order valence-corrected chi connectivity index (χ0v) is 11.4. The van der Waals surface area contributed by atoms with Crippen molar-refractivity contribution in [2.75, 3.05) is 13.1 Å². The van der Waals surface area contributed by atoms with Crippen LogP contribution in [0.5, 0.6) is 5.75 Å². The van der Waals surface area contributed by atoms with Crippen LogP contribution in [0.25, 0.3) is 0 Å². The fourth-order valence-electron chi connectivity index (χ4n) is 2.53. The Hall–Kier alpha value is -1.27. The van der Waals surface area contributed by atoms with E-state index in [4.69, 9.17) is 5.73 Å². The van der Waals surface area contributed by atoms with E-state index in [-0.39, 0.29) is 11.8 Å². The molecular weight excluding hydrogens is 269 g/mol. The smallest absolute Gasteiger partial charge is 0.406 e. The summed E-state index contributed by atoms with van der Waals surface area (Å²) in [6.07, 6.45) is -3.61. The number of nitrogens with zero attached hydrogens (tertiary/aromatic N) is 1. The second kappa shape index (κ2) is 6.01. The fourth-order valence-corrected chi connectivity index (χ4v) is 2.53. The third kappa shape index (κ3) is 4.38. The monoisotopic (exact) mass is 288 g/mol. The standard InChI is InChI=1S/C14H19F3N2O/c1-10(18)12-5-6-19(9-12)8-11-3-2-4-13(7-11)20-14(15,16)17/h2-4,7,10,12H,5-6,8-9,18H2,1H3. The van der Waals surface area contributed by atoms with Gasteiger partial charge in [-0.25, -0.2) is 0 Å². The molecule has 0 radical (unpaired) electrons. The molecule has 0 aliphatic carbocycles. The Kier molecular flexibility index (Phi) is 4.55. The number of ether oxygens (including phenoxy) is 1. The van der Waals surface area contributed by atoms with Crippen molar-refractivity contribution in [3.8, 4) is 5.75 Å². The lowest BCUT2D eigenvalue weighted by atomic mass is 10.0. The van der Waals surface area contributed by atoms with Gasteiger partial charge in [-0.2, -0.15) is 0 Å². The highest BCUT2D eigenvalue weighted by atomic mass is 19.4. The van der Waals surface area contributed by atoms with E-state index in [1.54, 1.807) is 6.07 Å². The van der Waals surface area contributed by atoms with Crippen LogP contribution in [0, 0.1) is 5.92 Å². The Morgan fingerprint density at radius 3 is 2.80 bits per heavy atom. The molecule has 0 aromatic heterocycles. The van der Waals surface area contributed by atoms with Crippen molar-refractivity contribution in [3.05, 3.63) is 29.8 Å². The van der Waals surface area contributed by atoms with Gasteiger partial charge in [0.15, 0.2) is 0 Å². The largest absolute Gasteiger partial charge is 0.573 e. The van der Waals surface area contributed by atoms with Gasteiger partial charge in [0.25, 0.3) is 0 Å². The molecular formula is C14H19F3N2O. The molecule has 0 amide bonds. The highest BCUT2D eigenvalue weighted by Crippen LogP contribution is 2.25. The van der Waals surface area contributed by atoms with Gasteiger partial charge in [0.2, 0.25) is 0 Å². The van der Waals surface area contributed by atoms with Crippen LogP contribution in [-0.2, 0) is 6.54 Å². The summed E-state index contributed by atoms with van der Waals surface area (Å²) in [5, 5.41) is 0. The van der Waals surface area contributed by atoms with Gasteiger partial charge in [0.05, 0.1) is 0 Å². The minimum atomic E-state index is -4.65. The summed E-state index contributed by atoms with van der Waals surface area (Å²) in [7, 11) is 0.